The maximum atomic E-state index is 10.6. The highest BCUT2D eigenvalue weighted by Gasteiger charge is 2.07. The Kier molecular flexibility index (Phi) is 4.14. The highest BCUT2D eigenvalue weighted by atomic mass is 16.1. The molecule has 15 heavy (non-hydrogen) atoms. The van der Waals surface area contributed by atoms with Crippen LogP contribution in [0.15, 0.2) is 12.4 Å². The quantitative estimate of drug-likeness (QED) is 0.558. The van der Waals surface area contributed by atoms with Crippen molar-refractivity contribution in [2.45, 2.75) is 19.5 Å². The number of carbonyl (C=O) groups excluding carboxylic acids is 1. The Bertz CT molecular complexity index is 324. The van der Waals surface area contributed by atoms with Gasteiger partial charge in [-0.05, 0) is 6.92 Å². The lowest BCUT2D eigenvalue weighted by Crippen LogP contribution is -2.44. The lowest BCUT2D eigenvalue weighted by Gasteiger charge is -2.08. The van der Waals surface area contributed by atoms with Crippen LogP contribution in [0.2, 0.25) is 0 Å². The van der Waals surface area contributed by atoms with Gasteiger partial charge in [0.25, 0.3) is 0 Å². The van der Waals surface area contributed by atoms with Crippen LogP contribution in [0.4, 0.5) is 0 Å². The normalized spacial score (nSPS) is 12.4. The second kappa shape index (κ2) is 5.38. The van der Waals surface area contributed by atoms with E-state index >= 15 is 0 Å². The average Bonchev–Trinajstić information content (AvgIpc) is 2.20. The van der Waals surface area contributed by atoms with Crippen molar-refractivity contribution >= 4 is 5.91 Å². The second-order valence-electron chi connectivity index (χ2n) is 3.29. The van der Waals surface area contributed by atoms with Crippen LogP contribution in [0.3, 0.4) is 0 Å². The van der Waals surface area contributed by atoms with Crippen molar-refractivity contribution in [1.29, 1.82) is 0 Å². The van der Waals surface area contributed by atoms with Gasteiger partial charge in [0.05, 0.1) is 17.4 Å². The van der Waals surface area contributed by atoms with Gasteiger partial charge in [0.2, 0.25) is 5.91 Å². The molecule has 1 aromatic heterocycles. The summed E-state index contributed by atoms with van der Waals surface area (Å²) in [5, 5.41) is 2.97. The van der Waals surface area contributed by atoms with Crippen molar-refractivity contribution in [2.24, 2.45) is 11.5 Å². The highest BCUT2D eigenvalue weighted by molar-refractivity contribution is 5.79. The third-order valence-electron chi connectivity index (χ3n) is 1.87. The van der Waals surface area contributed by atoms with Gasteiger partial charge in [-0.15, -0.1) is 0 Å². The number of hydrogen-bond donors (Lipinski definition) is 3. The maximum absolute atomic E-state index is 10.6. The molecule has 1 heterocycles. The molecule has 0 spiro atoms. The summed E-state index contributed by atoms with van der Waals surface area (Å²) in [4.78, 5) is 18.8. The van der Waals surface area contributed by atoms with Crippen LogP contribution in [0.1, 0.15) is 11.4 Å². The van der Waals surface area contributed by atoms with Crippen molar-refractivity contribution in [3.63, 3.8) is 0 Å². The number of aromatic nitrogens is 2. The summed E-state index contributed by atoms with van der Waals surface area (Å²) in [5.41, 5.74) is 12.1. The smallest absolute Gasteiger partial charge is 0.235 e. The third kappa shape index (κ3) is 4.01. The molecule has 0 fully saturated rings. The number of amides is 1. The zero-order valence-electron chi connectivity index (χ0n) is 8.60. The first-order chi connectivity index (χ1) is 7.09. The fourth-order valence-electron chi connectivity index (χ4n) is 0.967. The van der Waals surface area contributed by atoms with Crippen LogP contribution >= 0.6 is 0 Å². The molecular weight excluding hydrogens is 194 g/mol. The molecule has 0 aliphatic heterocycles. The number of aryl methyl sites for hydroxylation is 1. The minimum atomic E-state index is -0.664. The van der Waals surface area contributed by atoms with E-state index in [2.05, 4.69) is 15.3 Å². The standard InChI is InChI=1S/C9H15N5O/c1-6-2-14-7(4-13-6)3-12-5-8(10)9(11)15/h2,4,8,12H,3,5,10H2,1H3,(H2,11,15). The van der Waals surface area contributed by atoms with E-state index in [0.717, 1.165) is 11.4 Å². The van der Waals surface area contributed by atoms with E-state index in [1.807, 2.05) is 6.92 Å². The summed E-state index contributed by atoms with van der Waals surface area (Å²) in [5.74, 6) is -0.516. The molecule has 82 valence electrons. The fourth-order valence-corrected chi connectivity index (χ4v) is 0.967. The van der Waals surface area contributed by atoms with Crippen LogP contribution in [0, 0.1) is 6.92 Å². The Morgan fingerprint density at radius 2 is 2.27 bits per heavy atom. The lowest BCUT2D eigenvalue weighted by molar-refractivity contribution is -0.119. The first kappa shape index (κ1) is 11.5. The first-order valence-corrected chi connectivity index (χ1v) is 4.62. The molecular formula is C9H15N5O. The molecule has 0 aliphatic carbocycles. The minimum absolute atomic E-state index is 0.338. The molecule has 0 saturated carbocycles. The molecule has 1 aromatic rings. The molecule has 6 nitrogen and oxygen atoms in total. The van der Waals surface area contributed by atoms with Gasteiger partial charge < -0.3 is 16.8 Å². The van der Waals surface area contributed by atoms with Gasteiger partial charge in [-0.1, -0.05) is 0 Å². The minimum Gasteiger partial charge on any atom is -0.368 e. The summed E-state index contributed by atoms with van der Waals surface area (Å²) in [6.07, 6.45) is 3.36. The number of carbonyl (C=O) groups is 1. The molecule has 6 heteroatoms. The lowest BCUT2D eigenvalue weighted by atomic mass is 10.3. The van der Waals surface area contributed by atoms with E-state index in [9.17, 15) is 4.79 Å². The van der Waals surface area contributed by atoms with Crippen molar-refractivity contribution in [3.05, 3.63) is 23.8 Å². The van der Waals surface area contributed by atoms with Crippen molar-refractivity contribution < 1.29 is 4.79 Å². The Morgan fingerprint density at radius 1 is 1.53 bits per heavy atom. The molecule has 0 aliphatic rings. The number of nitrogens with zero attached hydrogens (tertiary/aromatic N) is 2. The van der Waals surface area contributed by atoms with Crippen LogP contribution in [-0.2, 0) is 11.3 Å². The van der Waals surface area contributed by atoms with E-state index in [1.54, 1.807) is 12.4 Å². The van der Waals surface area contributed by atoms with Crippen LogP contribution in [0.5, 0.6) is 0 Å². The van der Waals surface area contributed by atoms with E-state index in [4.69, 9.17) is 11.5 Å². The zero-order valence-corrected chi connectivity index (χ0v) is 8.60. The third-order valence-corrected chi connectivity index (χ3v) is 1.87. The number of rotatable bonds is 5. The summed E-state index contributed by atoms with van der Waals surface area (Å²) < 4.78 is 0. The number of hydrogen-bond acceptors (Lipinski definition) is 5. The maximum Gasteiger partial charge on any atom is 0.235 e. The zero-order chi connectivity index (χ0) is 11.3. The monoisotopic (exact) mass is 209 g/mol. The first-order valence-electron chi connectivity index (χ1n) is 4.62. The average molecular weight is 209 g/mol. The number of primary amides is 1. The van der Waals surface area contributed by atoms with E-state index in [0.29, 0.717) is 13.1 Å². The fraction of sp³-hybridized carbons (Fsp3) is 0.444. The molecule has 0 aromatic carbocycles. The van der Waals surface area contributed by atoms with Gasteiger partial charge in [0, 0.05) is 25.5 Å². The Hall–Kier alpha value is -1.53. The second-order valence-corrected chi connectivity index (χ2v) is 3.29. The Balaban J connectivity index is 2.32. The van der Waals surface area contributed by atoms with Gasteiger partial charge in [0.1, 0.15) is 0 Å². The number of nitrogens with two attached hydrogens (primary N) is 2. The highest BCUT2D eigenvalue weighted by Crippen LogP contribution is 1.92. The molecule has 5 N–H and O–H groups in total. The van der Waals surface area contributed by atoms with Gasteiger partial charge in [0.15, 0.2) is 0 Å². The Morgan fingerprint density at radius 3 is 2.80 bits per heavy atom. The molecule has 0 radical (unpaired) electrons. The predicted octanol–water partition coefficient (Wildman–Crippen LogP) is -1.31. The summed E-state index contributed by atoms with van der Waals surface area (Å²) in [6.45, 7) is 2.73. The molecule has 1 amide bonds. The molecule has 1 unspecified atom stereocenters. The Labute approximate surface area is 88.1 Å². The topological polar surface area (TPSA) is 107 Å². The van der Waals surface area contributed by atoms with Gasteiger partial charge in [-0.3, -0.25) is 14.8 Å². The van der Waals surface area contributed by atoms with Crippen LogP contribution in [-0.4, -0.2) is 28.5 Å². The van der Waals surface area contributed by atoms with Gasteiger partial charge >= 0.3 is 0 Å². The molecule has 1 rings (SSSR count). The summed E-state index contributed by atoms with van der Waals surface area (Å²) in [6, 6.07) is -0.664. The van der Waals surface area contributed by atoms with Crippen LogP contribution < -0.4 is 16.8 Å². The largest absolute Gasteiger partial charge is 0.368 e. The van der Waals surface area contributed by atoms with Gasteiger partial charge in [-0.2, -0.15) is 0 Å². The molecule has 1 atom stereocenters. The van der Waals surface area contributed by atoms with Crippen LogP contribution in [0.25, 0.3) is 0 Å². The van der Waals surface area contributed by atoms with Crippen molar-refractivity contribution in [1.82, 2.24) is 15.3 Å². The predicted molar refractivity (Wildman–Crippen MR) is 55.6 cm³/mol. The van der Waals surface area contributed by atoms with E-state index in [-0.39, 0.29) is 0 Å². The van der Waals surface area contributed by atoms with Crippen molar-refractivity contribution in [3.8, 4) is 0 Å². The van der Waals surface area contributed by atoms with E-state index in [1.165, 1.54) is 0 Å². The number of nitrogens with one attached hydrogen (secondary N) is 1. The van der Waals surface area contributed by atoms with Gasteiger partial charge in [-0.25, -0.2) is 0 Å². The molecule has 0 bridgehead atoms. The van der Waals surface area contributed by atoms with E-state index < -0.39 is 11.9 Å². The molecule has 0 saturated heterocycles. The van der Waals surface area contributed by atoms with Crippen molar-refractivity contribution in [2.75, 3.05) is 6.54 Å². The SMILES string of the molecule is Cc1cnc(CNCC(N)C(N)=O)cn1. The summed E-state index contributed by atoms with van der Waals surface area (Å²) >= 11 is 0. The summed E-state index contributed by atoms with van der Waals surface area (Å²) in [7, 11) is 0.